The third-order valence-corrected chi connectivity index (χ3v) is 7.44. The number of benzene rings is 2. The molecule has 2 fully saturated rings. The van der Waals surface area contributed by atoms with Crippen LogP contribution in [-0.2, 0) is 21.7 Å². The van der Waals surface area contributed by atoms with Gasteiger partial charge in [-0.05, 0) is 66.6 Å². The molecule has 1 aliphatic heterocycles. The van der Waals surface area contributed by atoms with Gasteiger partial charge >= 0.3 is 0 Å². The van der Waals surface area contributed by atoms with Gasteiger partial charge in [0, 0.05) is 17.7 Å². The second-order valence-corrected chi connectivity index (χ2v) is 9.71. The predicted molar refractivity (Wildman–Crippen MR) is 125 cm³/mol. The van der Waals surface area contributed by atoms with Crippen molar-refractivity contribution in [3.63, 3.8) is 0 Å². The summed E-state index contributed by atoms with van der Waals surface area (Å²) < 4.78 is 17.4. The van der Waals surface area contributed by atoms with E-state index < -0.39 is 36.8 Å². The van der Waals surface area contributed by atoms with Crippen LogP contribution in [0.3, 0.4) is 0 Å². The van der Waals surface area contributed by atoms with E-state index in [1.807, 2.05) is 24.3 Å². The summed E-state index contributed by atoms with van der Waals surface area (Å²) in [6, 6.07) is 12.9. The Balaban J connectivity index is 1.36. The molecule has 0 bridgehead atoms. The summed E-state index contributed by atoms with van der Waals surface area (Å²) in [5.74, 6) is -0.219. The summed E-state index contributed by atoms with van der Waals surface area (Å²) in [5, 5.41) is 41.4. The van der Waals surface area contributed by atoms with Crippen molar-refractivity contribution in [2.45, 2.75) is 55.6 Å². The standard InChI is InChI=1S/C26H29ClO7/c1-32-26(25(31)24(30)23(29)22(13-28)34-26)18-4-7-21(27)17(10-18)8-14-2-5-19(6-3-14)33-20-11-15-9-16(15)12-20/h2-7,10-11,16,20,22-25,28-31H,8-9,12-13H2,1H3. The van der Waals surface area contributed by atoms with E-state index in [1.165, 1.54) is 19.1 Å². The minimum atomic E-state index is -1.78. The van der Waals surface area contributed by atoms with Crippen molar-refractivity contribution in [3.05, 3.63) is 75.8 Å². The first kappa shape index (κ1) is 23.8. The first-order chi connectivity index (χ1) is 16.3. The number of hydrogen-bond donors (Lipinski definition) is 4. The maximum absolute atomic E-state index is 10.7. The van der Waals surface area contributed by atoms with Gasteiger partial charge in [-0.3, -0.25) is 0 Å². The first-order valence-electron chi connectivity index (χ1n) is 11.5. The SMILES string of the molecule is COC1(c2ccc(Cl)c(Cc3ccc(OC4C=C5CC5C4)cc3)c2)OC(CO)C(O)C(O)C1O. The Kier molecular flexibility index (Phi) is 6.46. The average molecular weight is 489 g/mol. The molecule has 2 aromatic carbocycles. The van der Waals surface area contributed by atoms with Gasteiger partial charge in [-0.25, -0.2) is 0 Å². The summed E-state index contributed by atoms with van der Waals surface area (Å²) in [4.78, 5) is 0. The minimum absolute atomic E-state index is 0.162. The Morgan fingerprint density at radius 1 is 1.09 bits per heavy atom. The lowest BCUT2D eigenvalue weighted by atomic mass is 9.87. The molecule has 0 spiro atoms. The van der Waals surface area contributed by atoms with Gasteiger partial charge < -0.3 is 34.6 Å². The monoisotopic (exact) mass is 488 g/mol. The van der Waals surface area contributed by atoms with Crippen LogP contribution in [0.1, 0.15) is 29.5 Å². The van der Waals surface area contributed by atoms with Crippen LogP contribution in [-0.4, -0.2) is 64.7 Å². The largest absolute Gasteiger partial charge is 0.486 e. The van der Waals surface area contributed by atoms with Crippen LogP contribution in [0.25, 0.3) is 0 Å². The quantitative estimate of drug-likeness (QED) is 0.443. The fraction of sp³-hybridized carbons (Fsp3) is 0.462. The normalized spacial score (nSPS) is 34.5. The molecule has 2 aliphatic carbocycles. The molecule has 8 heteroatoms. The summed E-state index contributed by atoms with van der Waals surface area (Å²) >= 11 is 6.48. The molecule has 2 aromatic rings. The molecule has 182 valence electrons. The summed E-state index contributed by atoms with van der Waals surface area (Å²) in [5.41, 5.74) is 3.71. The molecule has 34 heavy (non-hydrogen) atoms. The molecule has 7 nitrogen and oxygen atoms in total. The minimum Gasteiger partial charge on any atom is -0.486 e. The van der Waals surface area contributed by atoms with Crippen molar-refractivity contribution in [3.8, 4) is 5.75 Å². The Morgan fingerprint density at radius 2 is 1.85 bits per heavy atom. The van der Waals surface area contributed by atoms with Gasteiger partial charge in [-0.1, -0.05) is 35.4 Å². The average Bonchev–Trinajstić information content (AvgIpc) is 3.46. The van der Waals surface area contributed by atoms with Crippen LogP contribution in [0, 0.1) is 5.92 Å². The predicted octanol–water partition coefficient (Wildman–Crippen LogP) is 2.30. The molecule has 0 aromatic heterocycles. The zero-order valence-corrected chi connectivity index (χ0v) is 19.6. The van der Waals surface area contributed by atoms with Gasteiger partial charge in [-0.2, -0.15) is 0 Å². The number of hydrogen-bond acceptors (Lipinski definition) is 7. The summed E-state index contributed by atoms with van der Waals surface area (Å²) in [6.45, 7) is -0.552. The van der Waals surface area contributed by atoms with Gasteiger partial charge in [0.15, 0.2) is 0 Å². The Morgan fingerprint density at radius 3 is 2.50 bits per heavy atom. The molecule has 1 saturated heterocycles. The lowest BCUT2D eigenvalue weighted by molar-refractivity contribution is -0.366. The number of ether oxygens (including phenoxy) is 3. The van der Waals surface area contributed by atoms with Crippen molar-refractivity contribution in [2.75, 3.05) is 13.7 Å². The molecule has 0 radical (unpaired) electrons. The zero-order chi connectivity index (χ0) is 24.0. The van der Waals surface area contributed by atoms with Crippen LogP contribution in [0.4, 0.5) is 0 Å². The molecular weight excluding hydrogens is 460 g/mol. The second kappa shape index (κ2) is 9.24. The number of allylic oxidation sites excluding steroid dienone is 1. The van der Waals surface area contributed by atoms with Gasteiger partial charge in [0.05, 0.1) is 6.61 Å². The van der Waals surface area contributed by atoms with Crippen molar-refractivity contribution in [2.24, 2.45) is 5.92 Å². The van der Waals surface area contributed by atoms with E-state index in [-0.39, 0.29) is 6.10 Å². The number of aliphatic hydroxyl groups is 4. The number of fused-ring (bicyclic) bond motifs is 1. The molecule has 7 atom stereocenters. The summed E-state index contributed by atoms with van der Waals surface area (Å²) in [7, 11) is 1.33. The highest BCUT2D eigenvalue weighted by atomic mass is 35.5. The van der Waals surface area contributed by atoms with Gasteiger partial charge in [-0.15, -0.1) is 0 Å². The van der Waals surface area contributed by atoms with Crippen molar-refractivity contribution >= 4 is 11.6 Å². The topological polar surface area (TPSA) is 109 Å². The van der Waals surface area contributed by atoms with Crippen LogP contribution in [0.5, 0.6) is 5.75 Å². The molecule has 7 unspecified atom stereocenters. The zero-order valence-electron chi connectivity index (χ0n) is 18.8. The fourth-order valence-electron chi connectivity index (χ4n) is 5.01. The molecule has 1 saturated carbocycles. The maximum Gasteiger partial charge on any atom is 0.224 e. The van der Waals surface area contributed by atoms with Crippen LogP contribution < -0.4 is 4.74 Å². The molecule has 5 rings (SSSR count). The number of halogens is 1. The molecule has 0 amide bonds. The van der Waals surface area contributed by atoms with E-state index >= 15 is 0 Å². The highest BCUT2D eigenvalue weighted by Crippen LogP contribution is 2.47. The molecular formula is C26H29ClO7. The Labute approximate surface area is 203 Å². The van der Waals surface area contributed by atoms with Crippen LogP contribution in [0.15, 0.2) is 54.1 Å². The highest BCUT2D eigenvalue weighted by Gasteiger charge is 2.55. The lowest BCUT2D eigenvalue weighted by Gasteiger charge is -2.47. The van der Waals surface area contributed by atoms with Crippen molar-refractivity contribution < 1.29 is 34.6 Å². The Hall–Kier alpha value is -1.97. The fourth-order valence-corrected chi connectivity index (χ4v) is 5.19. The van der Waals surface area contributed by atoms with Crippen LogP contribution >= 0.6 is 11.6 Å². The summed E-state index contributed by atoms with van der Waals surface area (Å²) in [6.07, 6.45) is -0.552. The first-order valence-corrected chi connectivity index (χ1v) is 11.9. The Bertz CT molecular complexity index is 1070. The maximum atomic E-state index is 10.7. The van der Waals surface area contributed by atoms with Gasteiger partial charge in [0.25, 0.3) is 0 Å². The number of rotatable bonds is 7. The highest BCUT2D eigenvalue weighted by molar-refractivity contribution is 6.31. The third-order valence-electron chi connectivity index (χ3n) is 7.07. The van der Waals surface area contributed by atoms with E-state index in [1.54, 1.807) is 18.2 Å². The lowest BCUT2D eigenvalue weighted by Crippen LogP contribution is -2.64. The van der Waals surface area contributed by atoms with E-state index in [4.69, 9.17) is 25.8 Å². The molecule has 1 heterocycles. The second-order valence-electron chi connectivity index (χ2n) is 9.30. The van der Waals surface area contributed by atoms with Crippen molar-refractivity contribution in [1.82, 2.24) is 0 Å². The third kappa shape index (κ3) is 4.27. The molecule has 4 N–H and O–H groups in total. The van der Waals surface area contributed by atoms with Crippen molar-refractivity contribution in [1.29, 1.82) is 0 Å². The van der Waals surface area contributed by atoms with E-state index in [9.17, 15) is 20.4 Å². The number of aliphatic hydroxyl groups excluding tert-OH is 4. The van der Waals surface area contributed by atoms with E-state index in [0.29, 0.717) is 17.0 Å². The van der Waals surface area contributed by atoms with E-state index in [0.717, 1.165) is 29.2 Å². The molecule has 3 aliphatic rings. The van der Waals surface area contributed by atoms with E-state index in [2.05, 4.69) is 6.08 Å². The van der Waals surface area contributed by atoms with Crippen LogP contribution in [0.2, 0.25) is 5.02 Å². The van der Waals surface area contributed by atoms with Gasteiger partial charge in [0.1, 0.15) is 36.3 Å². The van der Waals surface area contributed by atoms with Gasteiger partial charge in [0.2, 0.25) is 5.79 Å². The number of methoxy groups -OCH3 is 1. The smallest absolute Gasteiger partial charge is 0.224 e.